The number of ether oxygens (including phenoxy) is 1. The number of aromatic nitrogens is 1. The molecule has 5 nitrogen and oxygen atoms in total. The van der Waals surface area contributed by atoms with Crippen LogP contribution in [0.2, 0.25) is 0 Å². The minimum atomic E-state index is -0.493. The molecule has 0 aliphatic carbocycles. The summed E-state index contributed by atoms with van der Waals surface area (Å²) < 4.78 is 7.14. The topological polar surface area (TPSA) is 60.3 Å². The zero-order valence-electron chi connectivity index (χ0n) is 11.6. The van der Waals surface area contributed by atoms with Crippen molar-refractivity contribution in [1.82, 2.24) is 4.57 Å². The second-order valence-electron chi connectivity index (χ2n) is 4.12. The van der Waals surface area contributed by atoms with Crippen LogP contribution >= 0.6 is 23.6 Å². The van der Waals surface area contributed by atoms with Crippen molar-refractivity contribution in [1.29, 1.82) is 0 Å². The van der Waals surface area contributed by atoms with Crippen LogP contribution in [0.1, 0.15) is 23.5 Å². The van der Waals surface area contributed by atoms with Gasteiger partial charge in [-0.15, -0.1) is 0 Å². The van der Waals surface area contributed by atoms with E-state index >= 15 is 0 Å². The first-order valence-electron chi connectivity index (χ1n) is 6.30. The molecule has 1 aromatic heterocycles. The van der Waals surface area contributed by atoms with Crippen molar-refractivity contribution in [3.05, 3.63) is 39.2 Å². The lowest BCUT2D eigenvalue weighted by molar-refractivity contribution is -0.114. The summed E-state index contributed by atoms with van der Waals surface area (Å²) in [5.41, 5.74) is 0.776. The Hall–Kier alpha value is -1.99. The van der Waals surface area contributed by atoms with Crippen LogP contribution in [0.3, 0.4) is 0 Å². The molecule has 0 aliphatic heterocycles. The number of nitrogens with zero attached hydrogens (tertiary/aromatic N) is 1. The molecule has 2 rings (SSSR count). The first-order valence-corrected chi connectivity index (χ1v) is 7.53. The number of hydrogen-bond donors (Lipinski definition) is 1. The second kappa shape index (κ2) is 6.64. The maximum absolute atomic E-state index is 12.0. The van der Waals surface area contributed by atoms with Gasteiger partial charge in [-0.05, 0) is 31.3 Å². The molecule has 0 unspecified atom stereocenters. The van der Waals surface area contributed by atoms with Crippen LogP contribution in [0.15, 0.2) is 30.3 Å². The molecule has 0 bridgehead atoms. The molecule has 110 valence electrons. The Labute approximate surface area is 131 Å². The highest BCUT2D eigenvalue weighted by molar-refractivity contribution is 7.73. The van der Waals surface area contributed by atoms with E-state index in [0.29, 0.717) is 14.6 Å². The van der Waals surface area contributed by atoms with Gasteiger partial charge in [0, 0.05) is 12.6 Å². The predicted molar refractivity (Wildman–Crippen MR) is 84.7 cm³/mol. The third kappa shape index (κ3) is 3.37. The van der Waals surface area contributed by atoms with Gasteiger partial charge < -0.3 is 10.1 Å². The van der Waals surface area contributed by atoms with Gasteiger partial charge in [0.05, 0.1) is 6.61 Å². The molecule has 0 saturated heterocycles. The van der Waals surface area contributed by atoms with Gasteiger partial charge in [0.25, 0.3) is 0 Å². The number of amides is 1. The van der Waals surface area contributed by atoms with Gasteiger partial charge in [-0.25, -0.2) is 4.79 Å². The van der Waals surface area contributed by atoms with Crippen LogP contribution in [0.4, 0.5) is 5.82 Å². The summed E-state index contributed by atoms with van der Waals surface area (Å²) in [6.07, 6.45) is 0. The van der Waals surface area contributed by atoms with Crippen LogP contribution in [-0.2, 0) is 9.53 Å². The molecule has 0 saturated carbocycles. The Balaban J connectivity index is 2.62. The number of carbonyl (C=O) groups excluding carboxylic acids is 2. The molecule has 0 spiro atoms. The van der Waals surface area contributed by atoms with Crippen molar-refractivity contribution in [3.63, 3.8) is 0 Å². The molecule has 0 fully saturated rings. The maximum Gasteiger partial charge on any atom is 0.352 e. The Morgan fingerprint density at radius 1 is 1.33 bits per heavy atom. The van der Waals surface area contributed by atoms with E-state index in [9.17, 15) is 9.59 Å². The minimum absolute atomic E-state index is 0.258. The highest BCUT2D eigenvalue weighted by atomic mass is 32.1. The van der Waals surface area contributed by atoms with Gasteiger partial charge in [0.2, 0.25) is 5.91 Å². The third-order valence-corrected chi connectivity index (χ3v) is 3.93. The molecule has 1 aromatic carbocycles. The Kier molecular flexibility index (Phi) is 4.87. The first-order chi connectivity index (χ1) is 10.0. The lowest BCUT2D eigenvalue weighted by atomic mass is 10.3. The van der Waals surface area contributed by atoms with Gasteiger partial charge in [-0.2, -0.15) is 0 Å². The Morgan fingerprint density at radius 2 is 2.00 bits per heavy atom. The first kappa shape index (κ1) is 15.4. The van der Waals surface area contributed by atoms with Gasteiger partial charge >= 0.3 is 5.97 Å². The van der Waals surface area contributed by atoms with E-state index in [1.54, 1.807) is 11.5 Å². The average molecular weight is 322 g/mol. The fraction of sp³-hybridized carbons (Fsp3) is 0.214. The molecular weight excluding hydrogens is 308 g/mol. The summed E-state index contributed by atoms with van der Waals surface area (Å²) in [5, 5.41) is 2.67. The van der Waals surface area contributed by atoms with Crippen molar-refractivity contribution < 1.29 is 14.3 Å². The zero-order valence-corrected chi connectivity index (χ0v) is 13.2. The van der Waals surface area contributed by atoms with E-state index in [4.69, 9.17) is 17.0 Å². The van der Waals surface area contributed by atoms with Gasteiger partial charge in [0.15, 0.2) is 8.83 Å². The standard InChI is InChI=1S/C14H14N2O3S2/c1-3-19-13(18)11-12(15-9(2)17)16(14(20)21-11)10-7-5-4-6-8-10/h4-8H,3H2,1-2H3,(H,15,17). The van der Waals surface area contributed by atoms with Crippen LogP contribution in [-0.4, -0.2) is 23.1 Å². The maximum atomic E-state index is 12.0. The number of rotatable bonds is 4. The number of anilines is 1. The Bertz CT molecular complexity index is 720. The highest BCUT2D eigenvalue weighted by Crippen LogP contribution is 2.29. The summed E-state index contributed by atoms with van der Waals surface area (Å²) in [6, 6.07) is 9.29. The van der Waals surface area contributed by atoms with Crippen molar-refractivity contribution in [2.45, 2.75) is 13.8 Å². The lowest BCUT2D eigenvalue weighted by Crippen LogP contribution is -2.14. The van der Waals surface area contributed by atoms with E-state index in [-0.39, 0.29) is 12.5 Å². The molecule has 7 heteroatoms. The second-order valence-corrected chi connectivity index (χ2v) is 5.76. The van der Waals surface area contributed by atoms with Crippen LogP contribution in [0.5, 0.6) is 0 Å². The summed E-state index contributed by atoms with van der Waals surface area (Å²) in [7, 11) is 0. The summed E-state index contributed by atoms with van der Waals surface area (Å²) in [4.78, 5) is 23.7. The number of carbonyl (C=O) groups is 2. The lowest BCUT2D eigenvalue weighted by Gasteiger charge is -2.10. The van der Waals surface area contributed by atoms with Crippen LogP contribution < -0.4 is 5.32 Å². The molecule has 0 aliphatic rings. The predicted octanol–water partition coefficient (Wildman–Crippen LogP) is 3.40. The fourth-order valence-electron chi connectivity index (χ4n) is 1.80. The quantitative estimate of drug-likeness (QED) is 0.692. The zero-order chi connectivity index (χ0) is 15.4. The minimum Gasteiger partial charge on any atom is -0.462 e. The van der Waals surface area contributed by atoms with Gasteiger partial charge in [-0.3, -0.25) is 9.36 Å². The van der Waals surface area contributed by atoms with Crippen molar-refractivity contribution >= 4 is 41.2 Å². The van der Waals surface area contributed by atoms with E-state index < -0.39 is 5.97 Å². The molecule has 0 radical (unpaired) electrons. The van der Waals surface area contributed by atoms with E-state index in [0.717, 1.165) is 17.0 Å². The van der Waals surface area contributed by atoms with Crippen molar-refractivity contribution in [2.24, 2.45) is 0 Å². The van der Waals surface area contributed by atoms with Crippen LogP contribution in [0, 0.1) is 3.95 Å². The van der Waals surface area contributed by atoms with Crippen molar-refractivity contribution in [3.8, 4) is 5.69 Å². The number of nitrogens with one attached hydrogen (secondary N) is 1. The smallest absolute Gasteiger partial charge is 0.352 e. The number of hydrogen-bond acceptors (Lipinski definition) is 5. The summed E-state index contributed by atoms with van der Waals surface area (Å²) in [5.74, 6) is -0.424. The normalized spacial score (nSPS) is 10.2. The number of esters is 1. The van der Waals surface area contributed by atoms with E-state index in [2.05, 4.69) is 5.32 Å². The third-order valence-electron chi connectivity index (χ3n) is 2.58. The van der Waals surface area contributed by atoms with Crippen molar-refractivity contribution in [2.75, 3.05) is 11.9 Å². The molecule has 1 N–H and O–H groups in total. The summed E-state index contributed by atoms with van der Waals surface area (Å²) >= 11 is 6.44. The SMILES string of the molecule is CCOC(=O)c1sc(=S)n(-c2ccccc2)c1NC(C)=O. The van der Waals surface area contributed by atoms with Gasteiger partial charge in [-0.1, -0.05) is 29.5 Å². The van der Waals surface area contributed by atoms with Gasteiger partial charge in [0.1, 0.15) is 5.82 Å². The largest absolute Gasteiger partial charge is 0.462 e. The van der Waals surface area contributed by atoms with E-state index in [1.165, 1.54) is 6.92 Å². The number of benzene rings is 1. The highest BCUT2D eigenvalue weighted by Gasteiger charge is 2.22. The Morgan fingerprint density at radius 3 is 2.57 bits per heavy atom. The average Bonchev–Trinajstić information content (AvgIpc) is 2.76. The molecule has 21 heavy (non-hydrogen) atoms. The number of para-hydroxylation sites is 1. The molecule has 1 heterocycles. The fourth-order valence-corrected chi connectivity index (χ4v) is 3.09. The molecule has 1 amide bonds. The molecule has 0 atom stereocenters. The van der Waals surface area contributed by atoms with Crippen LogP contribution in [0.25, 0.3) is 5.69 Å². The summed E-state index contributed by atoms with van der Waals surface area (Å²) in [6.45, 7) is 3.36. The van der Waals surface area contributed by atoms with E-state index in [1.807, 2.05) is 30.3 Å². The molecular formula is C14H14N2O3S2. The molecule has 2 aromatic rings. The number of thiazole rings is 1. The monoisotopic (exact) mass is 322 g/mol.